The lowest BCUT2D eigenvalue weighted by Gasteiger charge is -2.09. The summed E-state index contributed by atoms with van der Waals surface area (Å²) in [7, 11) is 0. The molecule has 0 saturated carbocycles. The second kappa shape index (κ2) is 7.75. The minimum absolute atomic E-state index is 0.0191. The van der Waals surface area contributed by atoms with Crippen molar-refractivity contribution >= 4 is 29.3 Å². The molecule has 1 amide bonds. The highest BCUT2D eigenvalue weighted by molar-refractivity contribution is 7.98. The topological polar surface area (TPSA) is 38.3 Å². The molecule has 1 rings (SSSR count). The zero-order valence-electron chi connectivity index (χ0n) is 10.6. The Labute approximate surface area is 123 Å². The lowest BCUT2D eigenvalue weighted by atomic mass is 10.2. The number of benzene rings is 1. The molecular weight excluding hydrogens is 315 g/mol. The molecule has 1 N–H and O–H groups in total. The van der Waals surface area contributed by atoms with Gasteiger partial charge in [-0.05, 0) is 24.5 Å². The van der Waals surface area contributed by atoms with Gasteiger partial charge >= 0.3 is 6.18 Å². The number of hydrogen-bond acceptors (Lipinski definition) is 3. The number of carbonyl (C=O) groups is 1. The van der Waals surface area contributed by atoms with Gasteiger partial charge < -0.3 is 10.1 Å². The fraction of sp³-hybridized carbons (Fsp3) is 0.417. The van der Waals surface area contributed by atoms with Gasteiger partial charge in [0, 0.05) is 11.4 Å². The molecule has 0 aliphatic rings. The Hall–Kier alpha value is -0.920. The fourth-order valence-corrected chi connectivity index (χ4v) is 1.97. The smallest absolute Gasteiger partial charge is 0.370 e. The molecule has 0 spiro atoms. The summed E-state index contributed by atoms with van der Waals surface area (Å²) < 4.78 is 39.8. The van der Waals surface area contributed by atoms with Crippen LogP contribution in [0.2, 0.25) is 5.02 Å². The van der Waals surface area contributed by atoms with E-state index in [2.05, 4.69) is 10.1 Å². The Morgan fingerprint density at radius 1 is 1.45 bits per heavy atom. The molecule has 0 bridgehead atoms. The molecule has 0 aromatic heterocycles. The number of halogens is 4. The van der Waals surface area contributed by atoms with Crippen LogP contribution in [0.5, 0.6) is 0 Å². The highest BCUT2D eigenvalue weighted by atomic mass is 35.5. The zero-order chi connectivity index (χ0) is 15.2. The molecular formula is C12H13ClF3NO2S. The van der Waals surface area contributed by atoms with E-state index in [1.54, 1.807) is 18.2 Å². The van der Waals surface area contributed by atoms with Crippen LogP contribution < -0.4 is 5.32 Å². The number of rotatable bonds is 6. The van der Waals surface area contributed by atoms with Crippen LogP contribution in [0.1, 0.15) is 10.4 Å². The first-order chi connectivity index (χ1) is 9.33. The summed E-state index contributed by atoms with van der Waals surface area (Å²) in [5, 5.41) is 2.74. The van der Waals surface area contributed by atoms with Crippen LogP contribution in [0, 0.1) is 0 Å². The summed E-state index contributed by atoms with van der Waals surface area (Å²) in [6.07, 6.45) is -2.50. The number of ether oxygens (including phenoxy) is 1. The first-order valence-electron chi connectivity index (χ1n) is 5.59. The Morgan fingerprint density at radius 3 is 2.75 bits per heavy atom. The monoisotopic (exact) mass is 327 g/mol. The number of carbonyl (C=O) groups excluding carboxylic acids is 1. The van der Waals surface area contributed by atoms with Crippen molar-refractivity contribution in [3.8, 4) is 0 Å². The van der Waals surface area contributed by atoms with E-state index in [4.69, 9.17) is 11.6 Å². The van der Waals surface area contributed by atoms with Crippen LogP contribution in [0.15, 0.2) is 23.1 Å². The van der Waals surface area contributed by atoms with E-state index in [0.717, 1.165) is 4.90 Å². The third-order valence-corrected chi connectivity index (χ3v) is 3.27. The fourth-order valence-electron chi connectivity index (χ4n) is 1.33. The van der Waals surface area contributed by atoms with Crippen molar-refractivity contribution < 1.29 is 22.7 Å². The highest BCUT2D eigenvalue weighted by Gasteiger charge is 2.27. The molecule has 0 unspecified atom stereocenters. The summed E-state index contributed by atoms with van der Waals surface area (Å²) in [6, 6.07) is 5.00. The average molecular weight is 328 g/mol. The Morgan fingerprint density at radius 2 is 2.15 bits per heavy atom. The van der Waals surface area contributed by atoms with Crippen molar-refractivity contribution in [2.75, 3.05) is 26.0 Å². The molecule has 3 nitrogen and oxygen atoms in total. The Balaban J connectivity index is 2.43. The van der Waals surface area contributed by atoms with Gasteiger partial charge in [0.2, 0.25) is 0 Å². The SMILES string of the molecule is CSc1ccc(Cl)c(C(=O)NCCOCC(F)(F)F)c1. The minimum Gasteiger partial charge on any atom is -0.370 e. The van der Waals surface area contributed by atoms with Crippen LogP contribution in [0.25, 0.3) is 0 Å². The summed E-state index contributed by atoms with van der Waals surface area (Å²) in [6.45, 7) is -1.56. The maximum Gasteiger partial charge on any atom is 0.411 e. The average Bonchev–Trinajstić information content (AvgIpc) is 2.37. The van der Waals surface area contributed by atoms with E-state index >= 15 is 0 Å². The third-order valence-electron chi connectivity index (χ3n) is 2.22. The van der Waals surface area contributed by atoms with Crippen molar-refractivity contribution in [1.82, 2.24) is 5.32 Å². The second-order valence-electron chi connectivity index (χ2n) is 3.77. The quantitative estimate of drug-likeness (QED) is 0.643. The van der Waals surface area contributed by atoms with Crippen molar-refractivity contribution in [3.05, 3.63) is 28.8 Å². The molecule has 0 fully saturated rings. The number of nitrogens with one attached hydrogen (secondary N) is 1. The predicted octanol–water partition coefficient (Wildman–Crippen LogP) is 3.37. The van der Waals surface area contributed by atoms with Crippen molar-refractivity contribution in [2.45, 2.75) is 11.1 Å². The molecule has 0 atom stereocenters. The van der Waals surface area contributed by atoms with Crippen molar-refractivity contribution in [3.63, 3.8) is 0 Å². The number of alkyl halides is 3. The van der Waals surface area contributed by atoms with Gasteiger partial charge in [-0.3, -0.25) is 4.79 Å². The van der Waals surface area contributed by atoms with Gasteiger partial charge in [-0.1, -0.05) is 11.6 Å². The molecule has 0 aliphatic carbocycles. The first kappa shape index (κ1) is 17.1. The molecule has 1 aromatic carbocycles. The van der Waals surface area contributed by atoms with Gasteiger partial charge in [0.15, 0.2) is 0 Å². The molecule has 0 heterocycles. The minimum atomic E-state index is -4.36. The lowest BCUT2D eigenvalue weighted by Crippen LogP contribution is -2.29. The molecule has 0 radical (unpaired) electrons. The van der Waals surface area contributed by atoms with Crippen LogP contribution >= 0.6 is 23.4 Å². The van der Waals surface area contributed by atoms with Gasteiger partial charge in [0.1, 0.15) is 6.61 Å². The molecule has 0 saturated heterocycles. The van der Waals surface area contributed by atoms with Gasteiger partial charge in [-0.25, -0.2) is 0 Å². The Bertz CT molecular complexity index is 469. The van der Waals surface area contributed by atoms with Crippen molar-refractivity contribution in [1.29, 1.82) is 0 Å². The highest BCUT2D eigenvalue weighted by Crippen LogP contribution is 2.22. The number of amides is 1. The maximum atomic E-state index is 11.8. The summed E-state index contributed by atoms with van der Waals surface area (Å²) in [5.41, 5.74) is 0.286. The molecule has 1 aromatic rings. The van der Waals surface area contributed by atoms with E-state index in [0.29, 0.717) is 0 Å². The van der Waals surface area contributed by atoms with Crippen molar-refractivity contribution in [2.24, 2.45) is 0 Å². The van der Waals surface area contributed by atoms with Gasteiger partial charge in [0.05, 0.1) is 17.2 Å². The molecule has 20 heavy (non-hydrogen) atoms. The van der Waals surface area contributed by atoms with Crippen LogP contribution in [-0.4, -0.2) is 38.1 Å². The van der Waals surface area contributed by atoms with E-state index < -0.39 is 18.7 Å². The van der Waals surface area contributed by atoms with E-state index in [9.17, 15) is 18.0 Å². The summed E-state index contributed by atoms with van der Waals surface area (Å²) in [5.74, 6) is -0.443. The second-order valence-corrected chi connectivity index (χ2v) is 5.06. The molecule has 112 valence electrons. The standard InChI is InChI=1S/C12H13ClF3NO2S/c1-20-8-2-3-10(13)9(6-8)11(18)17-4-5-19-7-12(14,15)16/h2-3,6H,4-5,7H2,1H3,(H,17,18). The van der Waals surface area contributed by atoms with Crippen LogP contribution in [0.4, 0.5) is 13.2 Å². The zero-order valence-corrected chi connectivity index (χ0v) is 12.2. The van der Waals surface area contributed by atoms with Gasteiger partial charge in [0.25, 0.3) is 5.91 Å². The lowest BCUT2D eigenvalue weighted by molar-refractivity contribution is -0.173. The van der Waals surface area contributed by atoms with Crippen LogP contribution in [-0.2, 0) is 4.74 Å². The summed E-state index contributed by atoms with van der Waals surface area (Å²) >= 11 is 7.35. The normalized spacial score (nSPS) is 11.4. The largest absolute Gasteiger partial charge is 0.411 e. The molecule has 8 heteroatoms. The maximum absolute atomic E-state index is 11.8. The molecule has 0 aliphatic heterocycles. The van der Waals surface area contributed by atoms with E-state index in [1.807, 2.05) is 6.26 Å². The predicted molar refractivity (Wildman–Crippen MR) is 72.4 cm³/mol. The van der Waals surface area contributed by atoms with E-state index in [1.165, 1.54) is 11.8 Å². The van der Waals surface area contributed by atoms with Gasteiger partial charge in [-0.2, -0.15) is 13.2 Å². The third kappa shape index (κ3) is 6.02. The number of hydrogen-bond donors (Lipinski definition) is 1. The van der Waals surface area contributed by atoms with E-state index in [-0.39, 0.29) is 23.7 Å². The van der Waals surface area contributed by atoms with Gasteiger partial charge in [-0.15, -0.1) is 11.8 Å². The van der Waals surface area contributed by atoms with Crippen LogP contribution in [0.3, 0.4) is 0 Å². The summed E-state index contributed by atoms with van der Waals surface area (Å²) in [4.78, 5) is 12.7. The number of thioether (sulfide) groups is 1. The first-order valence-corrected chi connectivity index (χ1v) is 7.20. The Kier molecular flexibility index (Phi) is 6.64.